The summed E-state index contributed by atoms with van der Waals surface area (Å²) in [6.45, 7) is 2.28. The van der Waals surface area contributed by atoms with Crippen molar-refractivity contribution in [3.63, 3.8) is 0 Å². The Labute approximate surface area is 136 Å². The second-order valence-corrected chi connectivity index (χ2v) is 6.11. The normalized spacial score (nSPS) is 13.1. The molecule has 2 aromatic rings. The monoisotopic (exact) mass is 333 g/mol. The van der Waals surface area contributed by atoms with Crippen molar-refractivity contribution >= 4 is 28.3 Å². The molecule has 7 nitrogen and oxygen atoms in total. The van der Waals surface area contributed by atoms with E-state index >= 15 is 0 Å². The fraction of sp³-hybridized carbons (Fsp3) is 0.200. The van der Waals surface area contributed by atoms with Gasteiger partial charge in [0, 0.05) is 16.9 Å². The first kappa shape index (κ1) is 15.3. The molecule has 3 rings (SSSR count). The van der Waals surface area contributed by atoms with E-state index in [4.69, 9.17) is 21.2 Å². The van der Waals surface area contributed by atoms with E-state index in [1.54, 1.807) is 6.92 Å². The first-order chi connectivity index (χ1) is 11.0. The summed E-state index contributed by atoms with van der Waals surface area (Å²) in [5, 5.41) is 2.82. The van der Waals surface area contributed by atoms with Crippen LogP contribution in [-0.2, 0) is 11.3 Å². The molecule has 5 N–H and O–H groups in total. The Morgan fingerprint density at radius 2 is 2.09 bits per heavy atom. The summed E-state index contributed by atoms with van der Waals surface area (Å²) >= 11 is 1.26. The highest BCUT2D eigenvalue weighted by molar-refractivity contribution is 7.20. The highest BCUT2D eigenvalue weighted by atomic mass is 32.1. The molecule has 0 fully saturated rings. The summed E-state index contributed by atoms with van der Waals surface area (Å²) in [7, 11) is 0. The van der Waals surface area contributed by atoms with Gasteiger partial charge in [0.2, 0.25) is 0 Å². The van der Waals surface area contributed by atoms with Crippen molar-refractivity contribution in [3.05, 3.63) is 34.9 Å². The van der Waals surface area contributed by atoms with Gasteiger partial charge in [-0.05, 0) is 36.2 Å². The number of fused-ring (bicyclic) bond motifs is 1. The Kier molecular flexibility index (Phi) is 3.93. The van der Waals surface area contributed by atoms with E-state index in [2.05, 4.69) is 5.32 Å². The van der Waals surface area contributed by atoms with Gasteiger partial charge in [-0.15, -0.1) is 11.3 Å². The van der Waals surface area contributed by atoms with Crippen LogP contribution in [0.15, 0.2) is 18.2 Å². The van der Waals surface area contributed by atoms with Crippen LogP contribution in [-0.4, -0.2) is 18.5 Å². The average Bonchev–Trinajstić information content (AvgIpc) is 2.82. The minimum atomic E-state index is -0.740. The maximum atomic E-state index is 11.7. The Balaban J connectivity index is 2.09. The summed E-state index contributed by atoms with van der Waals surface area (Å²) < 4.78 is 0. The SMILES string of the molecule is Cc1c(-c2ccc3c(c2)CCOO3)sc(NC(N)=O)c1C(N)=O. The van der Waals surface area contributed by atoms with Crippen LogP contribution in [0.4, 0.5) is 9.80 Å². The van der Waals surface area contributed by atoms with Crippen molar-refractivity contribution in [1.82, 2.24) is 0 Å². The number of benzene rings is 1. The molecule has 0 atom stereocenters. The third kappa shape index (κ3) is 2.86. The molecule has 3 amide bonds. The van der Waals surface area contributed by atoms with Gasteiger partial charge in [0.1, 0.15) is 5.00 Å². The minimum absolute atomic E-state index is 0.279. The fourth-order valence-corrected chi connectivity index (χ4v) is 3.75. The molecule has 23 heavy (non-hydrogen) atoms. The van der Waals surface area contributed by atoms with Gasteiger partial charge in [-0.25, -0.2) is 4.79 Å². The predicted molar refractivity (Wildman–Crippen MR) is 86.5 cm³/mol. The van der Waals surface area contributed by atoms with E-state index in [-0.39, 0.29) is 5.56 Å². The van der Waals surface area contributed by atoms with Gasteiger partial charge in [-0.3, -0.25) is 10.1 Å². The van der Waals surface area contributed by atoms with E-state index in [0.717, 1.165) is 22.4 Å². The molecule has 2 heterocycles. The molecule has 1 aliphatic heterocycles. The zero-order valence-electron chi connectivity index (χ0n) is 12.3. The van der Waals surface area contributed by atoms with Crippen LogP contribution in [0.1, 0.15) is 21.5 Å². The maximum Gasteiger partial charge on any atom is 0.317 e. The standard InChI is InChI=1S/C15H15N3O4S/c1-7-11(13(16)19)14(18-15(17)20)23-12(7)9-2-3-10-8(6-9)4-5-21-22-10/h2-3,6H,4-5H2,1H3,(H2,16,19)(H3,17,18,20). The highest BCUT2D eigenvalue weighted by Gasteiger charge is 2.22. The first-order valence-corrected chi connectivity index (χ1v) is 7.71. The Hall–Kier alpha value is -2.58. The number of hydrogen-bond donors (Lipinski definition) is 3. The van der Waals surface area contributed by atoms with Gasteiger partial charge in [0.25, 0.3) is 5.91 Å². The van der Waals surface area contributed by atoms with E-state index < -0.39 is 11.9 Å². The van der Waals surface area contributed by atoms with Gasteiger partial charge < -0.3 is 16.4 Å². The third-order valence-corrected chi connectivity index (χ3v) is 4.81. The summed E-state index contributed by atoms with van der Waals surface area (Å²) in [6.07, 6.45) is 0.739. The second-order valence-electron chi connectivity index (χ2n) is 5.09. The molecule has 0 bridgehead atoms. The number of hydrogen-bond acceptors (Lipinski definition) is 5. The molecule has 1 aromatic carbocycles. The number of nitrogens with two attached hydrogens (primary N) is 2. The molecule has 1 aliphatic rings. The van der Waals surface area contributed by atoms with E-state index in [1.165, 1.54) is 11.3 Å². The molecular formula is C15H15N3O4S. The first-order valence-electron chi connectivity index (χ1n) is 6.89. The highest BCUT2D eigenvalue weighted by Crippen LogP contribution is 2.41. The molecule has 1 aromatic heterocycles. The van der Waals surface area contributed by atoms with Crippen molar-refractivity contribution < 1.29 is 19.4 Å². The van der Waals surface area contributed by atoms with Crippen LogP contribution in [0.2, 0.25) is 0 Å². The van der Waals surface area contributed by atoms with E-state index in [1.807, 2.05) is 18.2 Å². The van der Waals surface area contributed by atoms with E-state index in [9.17, 15) is 9.59 Å². The van der Waals surface area contributed by atoms with Crippen LogP contribution in [0.3, 0.4) is 0 Å². The molecule has 0 saturated heterocycles. The number of amides is 3. The van der Waals surface area contributed by atoms with Crippen LogP contribution in [0, 0.1) is 6.92 Å². The molecule has 120 valence electrons. The van der Waals surface area contributed by atoms with Gasteiger partial charge in [0.15, 0.2) is 5.75 Å². The van der Waals surface area contributed by atoms with Crippen LogP contribution < -0.4 is 21.7 Å². The number of thiophene rings is 1. The van der Waals surface area contributed by atoms with Crippen LogP contribution in [0.25, 0.3) is 10.4 Å². The number of rotatable bonds is 3. The largest absolute Gasteiger partial charge is 0.365 e. The fourth-order valence-electron chi connectivity index (χ4n) is 2.54. The van der Waals surface area contributed by atoms with Crippen molar-refractivity contribution in [1.29, 1.82) is 0 Å². The molecule has 0 saturated carbocycles. The lowest BCUT2D eigenvalue weighted by molar-refractivity contribution is -0.215. The van der Waals surface area contributed by atoms with Gasteiger partial charge in [0.05, 0.1) is 12.2 Å². The van der Waals surface area contributed by atoms with Crippen LogP contribution in [0.5, 0.6) is 5.75 Å². The van der Waals surface area contributed by atoms with Crippen molar-refractivity contribution in [3.8, 4) is 16.2 Å². The van der Waals surface area contributed by atoms with Gasteiger partial charge in [-0.2, -0.15) is 4.89 Å². The summed E-state index contributed by atoms with van der Waals surface area (Å²) in [5.74, 6) is 0.0725. The van der Waals surface area contributed by atoms with Gasteiger partial charge >= 0.3 is 6.03 Å². The lowest BCUT2D eigenvalue weighted by Gasteiger charge is -2.16. The predicted octanol–water partition coefficient (Wildman–Crippen LogP) is 2.18. The zero-order valence-corrected chi connectivity index (χ0v) is 13.2. The number of carbonyl (C=O) groups is 2. The second kappa shape index (κ2) is 5.90. The molecule has 0 spiro atoms. The quantitative estimate of drug-likeness (QED) is 0.746. The van der Waals surface area contributed by atoms with Crippen molar-refractivity contribution in [2.45, 2.75) is 13.3 Å². The van der Waals surface area contributed by atoms with Gasteiger partial charge in [-0.1, -0.05) is 0 Å². The number of urea groups is 1. The Bertz CT molecular complexity index is 800. The summed E-state index contributed by atoms with van der Waals surface area (Å²) in [5.41, 5.74) is 13.5. The lowest BCUT2D eigenvalue weighted by Crippen LogP contribution is -2.21. The number of anilines is 1. The zero-order chi connectivity index (χ0) is 16.6. The third-order valence-electron chi connectivity index (χ3n) is 3.56. The average molecular weight is 333 g/mol. The summed E-state index contributed by atoms with van der Waals surface area (Å²) in [6, 6.07) is 4.92. The smallest absolute Gasteiger partial charge is 0.317 e. The van der Waals surface area contributed by atoms with Crippen molar-refractivity contribution in [2.24, 2.45) is 11.5 Å². The maximum absolute atomic E-state index is 11.7. The summed E-state index contributed by atoms with van der Waals surface area (Å²) in [4.78, 5) is 33.7. The number of nitrogens with one attached hydrogen (secondary N) is 1. The molecule has 0 unspecified atom stereocenters. The van der Waals surface area contributed by atoms with Crippen molar-refractivity contribution in [2.75, 3.05) is 11.9 Å². The molecule has 0 radical (unpaired) electrons. The minimum Gasteiger partial charge on any atom is -0.365 e. The number of primary amides is 2. The number of carbonyl (C=O) groups excluding carboxylic acids is 2. The van der Waals surface area contributed by atoms with E-state index in [0.29, 0.717) is 22.9 Å². The Morgan fingerprint density at radius 1 is 1.30 bits per heavy atom. The Morgan fingerprint density at radius 3 is 2.78 bits per heavy atom. The molecule has 8 heteroatoms. The topological polar surface area (TPSA) is 117 Å². The molecular weight excluding hydrogens is 318 g/mol. The lowest BCUT2D eigenvalue weighted by atomic mass is 10.0. The molecule has 0 aliphatic carbocycles. The van der Waals surface area contributed by atoms with Crippen LogP contribution >= 0.6 is 11.3 Å².